The van der Waals surface area contributed by atoms with Crippen molar-refractivity contribution in [3.63, 3.8) is 0 Å². The van der Waals surface area contributed by atoms with Crippen LogP contribution in [0.25, 0.3) is 0 Å². The summed E-state index contributed by atoms with van der Waals surface area (Å²) >= 11 is 0. The van der Waals surface area contributed by atoms with E-state index in [9.17, 15) is 14.0 Å². The van der Waals surface area contributed by atoms with Crippen LogP contribution >= 0.6 is 0 Å². The lowest BCUT2D eigenvalue weighted by Crippen LogP contribution is -2.45. The quantitative estimate of drug-likeness (QED) is 0.849. The first-order valence-corrected chi connectivity index (χ1v) is 8.06. The van der Waals surface area contributed by atoms with Gasteiger partial charge in [0, 0.05) is 23.7 Å². The third-order valence-electron chi connectivity index (χ3n) is 4.15. The minimum Gasteiger partial charge on any atom is -0.348 e. The van der Waals surface area contributed by atoms with Crippen LogP contribution in [-0.4, -0.2) is 30.8 Å². The van der Waals surface area contributed by atoms with Gasteiger partial charge in [-0.1, -0.05) is 18.2 Å². The molecule has 1 atom stereocenters. The van der Waals surface area contributed by atoms with Crippen LogP contribution in [0.1, 0.15) is 39.1 Å². The summed E-state index contributed by atoms with van der Waals surface area (Å²) in [6.07, 6.45) is 1.94. The van der Waals surface area contributed by atoms with Crippen molar-refractivity contribution in [2.24, 2.45) is 0 Å². The molecule has 2 N–H and O–H groups in total. The third-order valence-corrected chi connectivity index (χ3v) is 4.15. The van der Waals surface area contributed by atoms with Crippen LogP contribution in [-0.2, 0) is 0 Å². The molecule has 0 saturated carbocycles. The highest BCUT2D eigenvalue weighted by atomic mass is 19.1. The molecule has 1 amide bonds. The molecule has 2 aromatic rings. The molecule has 1 saturated heterocycles. The van der Waals surface area contributed by atoms with Crippen molar-refractivity contribution in [1.82, 2.24) is 10.6 Å². The Labute approximate surface area is 140 Å². The molecule has 0 spiro atoms. The maximum absolute atomic E-state index is 13.0. The maximum atomic E-state index is 13.0. The Morgan fingerprint density at radius 2 is 1.75 bits per heavy atom. The Morgan fingerprint density at radius 3 is 2.42 bits per heavy atom. The van der Waals surface area contributed by atoms with Crippen LogP contribution in [0.4, 0.5) is 4.39 Å². The van der Waals surface area contributed by atoms with Gasteiger partial charge in [-0.05, 0) is 49.7 Å². The monoisotopic (exact) mass is 326 g/mol. The molecule has 0 bridgehead atoms. The SMILES string of the molecule is O=C(N[C@H]1CCCNC1)c1ccccc1C(=O)c1ccc(F)cc1. The minimum atomic E-state index is -0.401. The zero-order chi connectivity index (χ0) is 16.9. The second-order valence-corrected chi connectivity index (χ2v) is 5.90. The van der Waals surface area contributed by atoms with Crippen LogP contribution < -0.4 is 10.6 Å². The van der Waals surface area contributed by atoms with E-state index in [-0.39, 0.29) is 17.7 Å². The van der Waals surface area contributed by atoms with E-state index < -0.39 is 5.82 Å². The molecule has 1 fully saturated rings. The van der Waals surface area contributed by atoms with Crippen LogP contribution in [0.15, 0.2) is 48.5 Å². The second kappa shape index (κ2) is 7.36. The van der Waals surface area contributed by atoms with Crippen molar-refractivity contribution in [3.8, 4) is 0 Å². The standard InChI is InChI=1S/C19H19FN2O2/c20-14-9-7-13(8-10-14)18(23)16-5-1-2-6-17(16)19(24)22-15-4-3-11-21-12-15/h1-2,5-10,15,21H,3-4,11-12H2,(H,22,24)/t15-/m0/s1. The highest BCUT2D eigenvalue weighted by Gasteiger charge is 2.21. The van der Waals surface area contributed by atoms with Gasteiger partial charge >= 0.3 is 0 Å². The third kappa shape index (κ3) is 3.68. The first-order chi connectivity index (χ1) is 11.6. The number of benzene rings is 2. The fourth-order valence-electron chi connectivity index (χ4n) is 2.87. The number of amides is 1. The predicted octanol–water partition coefficient (Wildman–Crippen LogP) is 2.54. The Hall–Kier alpha value is -2.53. The van der Waals surface area contributed by atoms with Gasteiger partial charge in [-0.2, -0.15) is 0 Å². The summed E-state index contributed by atoms with van der Waals surface area (Å²) in [5.74, 6) is -0.945. The van der Waals surface area contributed by atoms with Crippen LogP contribution in [0, 0.1) is 5.82 Å². The number of carbonyl (C=O) groups excluding carboxylic acids is 2. The maximum Gasteiger partial charge on any atom is 0.252 e. The molecule has 24 heavy (non-hydrogen) atoms. The lowest BCUT2D eigenvalue weighted by atomic mass is 9.97. The lowest BCUT2D eigenvalue weighted by Gasteiger charge is -2.24. The van der Waals surface area contributed by atoms with E-state index in [0.29, 0.717) is 16.7 Å². The lowest BCUT2D eigenvalue weighted by molar-refractivity contribution is 0.0921. The summed E-state index contributed by atoms with van der Waals surface area (Å²) in [5.41, 5.74) is 1.03. The van der Waals surface area contributed by atoms with Crippen molar-refractivity contribution >= 4 is 11.7 Å². The van der Waals surface area contributed by atoms with Crippen LogP contribution in [0.3, 0.4) is 0 Å². The molecule has 1 aliphatic heterocycles. The Bertz CT molecular complexity index is 737. The van der Waals surface area contributed by atoms with E-state index in [2.05, 4.69) is 10.6 Å². The number of carbonyl (C=O) groups is 2. The topological polar surface area (TPSA) is 58.2 Å². The number of piperidine rings is 1. The molecule has 1 heterocycles. The predicted molar refractivity (Wildman–Crippen MR) is 89.6 cm³/mol. The van der Waals surface area contributed by atoms with Crippen LogP contribution in [0.5, 0.6) is 0 Å². The van der Waals surface area contributed by atoms with Gasteiger partial charge in [0.1, 0.15) is 5.82 Å². The van der Waals surface area contributed by atoms with Crippen LogP contribution in [0.2, 0.25) is 0 Å². The zero-order valence-corrected chi connectivity index (χ0v) is 13.2. The van der Waals surface area contributed by atoms with Crippen molar-refractivity contribution in [2.45, 2.75) is 18.9 Å². The zero-order valence-electron chi connectivity index (χ0n) is 13.2. The highest BCUT2D eigenvalue weighted by Crippen LogP contribution is 2.16. The molecule has 0 unspecified atom stereocenters. The molecular formula is C19H19FN2O2. The van der Waals surface area contributed by atoms with Gasteiger partial charge < -0.3 is 10.6 Å². The molecule has 2 aromatic carbocycles. The molecule has 0 aliphatic carbocycles. The van der Waals surface area contributed by atoms with E-state index in [1.54, 1.807) is 24.3 Å². The van der Waals surface area contributed by atoms with E-state index in [1.807, 2.05) is 0 Å². The highest BCUT2D eigenvalue weighted by molar-refractivity contribution is 6.15. The Balaban J connectivity index is 1.83. The molecule has 124 valence electrons. The number of hydrogen-bond donors (Lipinski definition) is 2. The summed E-state index contributed by atoms with van der Waals surface area (Å²) in [7, 11) is 0. The average Bonchev–Trinajstić information content (AvgIpc) is 2.62. The van der Waals surface area contributed by atoms with E-state index >= 15 is 0 Å². The summed E-state index contributed by atoms with van der Waals surface area (Å²) < 4.78 is 13.0. The number of halogens is 1. The van der Waals surface area contributed by atoms with Gasteiger partial charge in [-0.15, -0.1) is 0 Å². The minimum absolute atomic E-state index is 0.0697. The molecule has 5 heteroatoms. The second-order valence-electron chi connectivity index (χ2n) is 5.90. The summed E-state index contributed by atoms with van der Waals surface area (Å²) in [4.78, 5) is 25.2. The van der Waals surface area contributed by atoms with Crippen molar-refractivity contribution in [1.29, 1.82) is 0 Å². The molecule has 1 aliphatic rings. The summed E-state index contributed by atoms with van der Waals surface area (Å²) in [6, 6.07) is 12.1. The van der Waals surface area contributed by atoms with E-state index in [0.717, 1.165) is 25.9 Å². The largest absolute Gasteiger partial charge is 0.348 e. The van der Waals surface area contributed by atoms with E-state index in [1.165, 1.54) is 24.3 Å². The van der Waals surface area contributed by atoms with Gasteiger partial charge in [0.05, 0.1) is 5.56 Å². The normalized spacial score (nSPS) is 17.3. The van der Waals surface area contributed by atoms with Gasteiger partial charge in [-0.25, -0.2) is 4.39 Å². The number of ketones is 1. The Morgan fingerprint density at radius 1 is 1.04 bits per heavy atom. The van der Waals surface area contributed by atoms with Gasteiger partial charge in [0.25, 0.3) is 5.91 Å². The van der Waals surface area contributed by atoms with E-state index in [4.69, 9.17) is 0 Å². The van der Waals surface area contributed by atoms with Crippen molar-refractivity contribution < 1.29 is 14.0 Å². The van der Waals surface area contributed by atoms with Gasteiger partial charge in [0.2, 0.25) is 0 Å². The first-order valence-electron chi connectivity index (χ1n) is 8.06. The average molecular weight is 326 g/mol. The Kier molecular flexibility index (Phi) is 5.01. The first kappa shape index (κ1) is 16.3. The smallest absolute Gasteiger partial charge is 0.252 e. The van der Waals surface area contributed by atoms with Crippen molar-refractivity contribution in [3.05, 3.63) is 71.0 Å². The number of nitrogens with one attached hydrogen (secondary N) is 2. The van der Waals surface area contributed by atoms with Gasteiger partial charge in [-0.3, -0.25) is 9.59 Å². The molecule has 3 rings (SSSR count). The van der Waals surface area contributed by atoms with Crippen molar-refractivity contribution in [2.75, 3.05) is 13.1 Å². The molecule has 4 nitrogen and oxygen atoms in total. The number of rotatable bonds is 4. The summed E-state index contributed by atoms with van der Waals surface area (Å²) in [6.45, 7) is 1.70. The fourth-order valence-corrected chi connectivity index (χ4v) is 2.87. The summed E-state index contributed by atoms with van der Waals surface area (Å²) in [5, 5.41) is 6.22. The molecule has 0 radical (unpaired) electrons. The molecule has 0 aromatic heterocycles. The molecular weight excluding hydrogens is 307 g/mol. The number of hydrogen-bond acceptors (Lipinski definition) is 3. The fraction of sp³-hybridized carbons (Fsp3) is 0.263. The van der Waals surface area contributed by atoms with Gasteiger partial charge in [0.15, 0.2) is 5.78 Å².